The van der Waals surface area contributed by atoms with Crippen LogP contribution in [0.2, 0.25) is 0 Å². The summed E-state index contributed by atoms with van der Waals surface area (Å²) in [5.74, 6) is 1.52. The minimum atomic E-state index is -0.165. The topological polar surface area (TPSA) is 55.1 Å². The molecule has 3 heteroatoms. The van der Waals surface area contributed by atoms with Crippen molar-refractivity contribution in [2.45, 2.75) is 70.4 Å². The van der Waals surface area contributed by atoms with Gasteiger partial charge in [0.1, 0.15) is 0 Å². The van der Waals surface area contributed by atoms with Gasteiger partial charge in [0.15, 0.2) is 0 Å². The van der Waals surface area contributed by atoms with Gasteiger partial charge in [-0.1, -0.05) is 36.8 Å². The van der Waals surface area contributed by atoms with Crippen LogP contribution in [-0.2, 0) is 11.2 Å². The Kier molecular flexibility index (Phi) is 5.29. The molecule has 0 spiro atoms. The van der Waals surface area contributed by atoms with Crippen molar-refractivity contribution in [1.29, 1.82) is 0 Å². The highest BCUT2D eigenvalue weighted by atomic mass is 16.2. The monoisotopic (exact) mass is 328 g/mol. The van der Waals surface area contributed by atoms with Crippen LogP contribution < -0.4 is 11.1 Å². The number of aryl methyl sites for hydroxylation is 1. The van der Waals surface area contributed by atoms with E-state index in [1.54, 1.807) is 0 Å². The van der Waals surface area contributed by atoms with Gasteiger partial charge in [-0.2, -0.15) is 0 Å². The van der Waals surface area contributed by atoms with Crippen LogP contribution in [0.5, 0.6) is 0 Å². The second-order valence-corrected chi connectivity index (χ2v) is 8.56. The van der Waals surface area contributed by atoms with E-state index >= 15 is 0 Å². The molecule has 3 N–H and O–H groups in total. The number of benzene rings is 1. The van der Waals surface area contributed by atoms with Gasteiger partial charge in [-0.15, -0.1) is 0 Å². The maximum absolute atomic E-state index is 12.8. The summed E-state index contributed by atoms with van der Waals surface area (Å²) in [5, 5.41) is 3.32. The van der Waals surface area contributed by atoms with Crippen molar-refractivity contribution in [3.8, 4) is 0 Å². The average Bonchev–Trinajstić information content (AvgIpc) is 2.53. The summed E-state index contributed by atoms with van der Waals surface area (Å²) in [7, 11) is 0. The van der Waals surface area contributed by atoms with E-state index in [4.69, 9.17) is 5.73 Å². The summed E-state index contributed by atoms with van der Waals surface area (Å²) in [5.41, 5.74) is 7.52. The molecule has 2 saturated carbocycles. The summed E-state index contributed by atoms with van der Waals surface area (Å²) in [6.45, 7) is 4.28. The second kappa shape index (κ2) is 7.26. The van der Waals surface area contributed by atoms with E-state index in [0.717, 1.165) is 25.7 Å². The number of nitrogens with one attached hydrogen (secondary N) is 1. The van der Waals surface area contributed by atoms with Gasteiger partial charge in [0.05, 0.1) is 0 Å². The summed E-state index contributed by atoms with van der Waals surface area (Å²) in [6, 6.07) is 10.8. The summed E-state index contributed by atoms with van der Waals surface area (Å²) >= 11 is 0. The van der Waals surface area contributed by atoms with Crippen molar-refractivity contribution >= 4 is 5.91 Å². The van der Waals surface area contributed by atoms with Crippen molar-refractivity contribution in [3.63, 3.8) is 0 Å². The molecule has 2 atom stereocenters. The van der Waals surface area contributed by atoms with E-state index in [1.807, 2.05) is 6.07 Å². The molecular weight excluding hydrogens is 296 g/mol. The molecule has 2 fully saturated rings. The minimum Gasteiger partial charge on any atom is -0.351 e. The molecule has 24 heavy (non-hydrogen) atoms. The predicted molar refractivity (Wildman–Crippen MR) is 98.5 cm³/mol. The van der Waals surface area contributed by atoms with Crippen LogP contribution in [0.25, 0.3) is 0 Å². The largest absolute Gasteiger partial charge is 0.351 e. The molecular formula is C21H32N2O. The quantitative estimate of drug-likeness (QED) is 0.866. The number of carbonyl (C=O) groups excluding carboxylic acids is 1. The molecule has 2 unspecified atom stereocenters. The van der Waals surface area contributed by atoms with Crippen molar-refractivity contribution in [2.24, 2.45) is 23.5 Å². The fourth-order valence-corrected chi connectivity index (χ4v) is 4.60. The van der Waals surface area contributed by atoms with Crippen LogP contribution in [0.1, 0.15) is 57.9 Å². The van der Waals surface area contributed by atoms with E-state index in [-0.39, 0.29) is 17.4 Å². The predicted octanol–water partition coefficient (Wildman–Crippen LogP) is 3.67. The van der Waals surface area contributed by atoms with Crippen molar-refractivity contribution < 1.29 is 4.79 Å². The summed E-state index contributed by atoms with van der Waals surface area (Å²) in [6.07, 6.45) is 7.63. The Bertz CT molecular complexity index is 540. The highest BCUT2D eigenvalue weighted by Crippen LogP contribution is 2.42. The zero-order chi connectivity index (χ0) is 17.2. The summed E-state index contributed by atoms with van der Waals surface area (Å²) in [4.78, 5) is 12.8. The third-order valence-electron chi connectivity index (χ3n) is 6.13. The molecule has 2 bridgehead atoms. The minimum absolute atomic E-state index is 0.163. The Balaban J connectivity index is 1.53. The highest BCUT2D eigenvalue weighted by molar-refractivity contribution is 5.79. The lowest BCUT2D eigenvalue weighted by Crippen LogP contribution is -2.52. The Morgan fingerprint density at radius 3 is 2.42 bits per heavy atom. The fourth-order valence-electron chi connectivity index (χ4n) is 4.60. The zero-order valence-electron chi connectivity index (χ0n) is 15.1. The fraction of sp³-hybridized carbons (Fsp3) is 0.667. The van der Waals surface area contributed by atoms with Gasteiger partial charge >= 0.3 is 0 Å². The van der Waals surface area contributed by atoms with Gasteiger partial charge in [0, 0.05) is 17.5 Å². The molecule has 0 heterocycles. The number of nitrogens with two attached hydrogens (primary N) is 1. The molecule has 1 aromatic rings. The first kappa shape index (κ1) is 17.5. The first-order valence-corrected chi connectivity index (χ1v) is 9.56. The number of amides is 1. The van der Waals surface area contributed by atoms with Crippen molar-refractivity contribution in [3.05, 3.63) is 35.9 Å². The molecule has 3 nitrogen and oxygen atoms in total. The highest BCUT2D eigenvalue weighted by Gasteiger charge is 2.41. The Labute approximate surface area is 146 Å². The van der Waals surface area contributed by atoms with E-state index in [0.29, 0.717) is 17.9 Å². The van der Waals surface area contributed by atoms with Crippen LogP contribution in [0.15, 0.2) is 30.3 Å². The Hall–Kier alpha value is -1.35. The maximum Gasteiger partial charge on any atom is 0.223 e. The Morgan fingerprint density at radius 1 is 1.17 bits per heavy atom. The first-order chi connectivity index (χ1) is 11.4. The number of rotatable bonds is 5. The van der Waals surface area contributed by atoms with Crippen LogP contribution in [0, 0.1) is 17.8 Å². The van der Waals surface area contributed by atoms with Gasteiger partial charge in [-0.05, 0) is 69.8 Å². The van der Waals surface area contributed by atoms with Crippen LogP contribution in [0.3, 0.4) is 0 Å². The van der Waals surface area contributed by atoms with Gasteiger partial charge in [-0.3, -0.25) is 4.79 Å². The summed E-state index contributed by atoms with van der Waals surface area (Å²) < 4.78 is 0. The average molecular weight is 329 g/mol. The molecule has 1 amide bonds. The van der Waals surface area contributed by atoms with Crippen molar-refractivity contribution in [2.75, 3.05) is 0 Å². The Morgan fingerprint density at radius 2 is 1.79 bits per heavy atom. The lowest BCUT2D eigenvalue weighted by Gasteiger charge is -2.44. The zero-order valence-corrected chi connectivity index (χ0v) is 15.1. The number of fused-ring (bicyclic) bond motifs is 2. The van der Waals surface area contributed by atoms with Crippen molar-refractivity contribution in [1.82, 2.24) is 5.32 Å². The molecule has 0 radical (unpaired) electrons. The third-order valence-corrected chi connectivity index (χ3v) is 6.13. The van der Waals surface area contributed by atoms with Gasteiger partial charge in [0.2, 0.25) is 5.91 Å². The van der Waals surface area contributed by atoms with E-state index in [9.17, 15) is 4.79 Å². The third kappa shape index (κ3) is 4.18. The molecule has 0 aromatic heterocycles. The standard InChI is InChI=1S/C21H32N2O/c1-21(2,12-11-15-7-4-3-5-8-15)23-20(24)18-13-16-9-6-10-17(14-18)19(16)22/h3-5,7-8,16-19H,6,9-14,22H2,1-2H3,(H,23,24). The van der Waals surface area contributed by atoms with Gasteiger partial charge in [-0.25, -0.2) is 0 Å². The number of hydrogen-bond donors (Lipinski definition) is 2. The smallest absolute Gasteiger partial charge is 0.223 e. The molecule has 2 aliphatic carbocycles. The van der Waals surface area contributed by atoms with Crippen LogP contribution in [0.4, 0.5) is 0 Å². The molecule has 2 aliphatic rings. The normalized spacial score (nSPS) is 30.0. The maximum atomic E-state index is 12.8. The molecule has 132 valence electrons. The SMILES string of the molecule is CC(C)(CCc1ccccc1)NC(=O)C1CC2CCCC(C1)C2N. The van der Waals surface area contributed by atoms with Crippen LogP contribution >= 0.6 is 0 Å². The van der Waals surface area contributed by atoms with E-state index in [1.165, 1.54) is 24.8 Å². The lowest BCUT2D eigenvalue weighted by atomic mass is 9.65. The molecule has 1 aromatic carbocycles. The van der Waals surface area contributed by atoms with E-state index in [2.05, 4.69) is 43.4 Å². The van der Waals surface area contributed by atoms with Gasteiger partial charge in [0.25, 0.3) is 0 Å². The molecule has 0 saturated heterocycles. The molecule has 0 aliphatic heterocycles. The van der Waals surface area contributed by atoms with E-state index < -0.39 is 0 Å². The lowest BCUT2D eigenvalue weighted by molar-refractivity contribution is -0.129. The first-order valence-electron chi connectivity index (χ1n) is 9.56. The number of hydrogen-bond acceptors (Lipinski definition) is 2. The van der Waals surface area contributed by atoms with Gasteiger partial charge < -0.3 is 11.1 Å². The molecule has 3 rings (SSSR count). The second-order valence-electron chi connectivity index (χ2n) is 8.56. The number of carbonyl (C=O) groups is 1. The van der Waals surface area contributed by atoms with Crippen LogP contribution in [-0.4, -0.2) is 17.5 Å².